The Kier molecular flexibility index (Phi) is 3.56. The van der Waals surface area contributed by atoms with Gasteiger partial charge in [-0.2, -0.15) is 0 Å². The number of aromatic hydroxyl groups is 1. The zero-order valence-corrected chi connectivity index (χ0v) is 11.0. The highest BCUT2D eigenvalue weighted by molar-refractivity contribution is 5.39. The maximum atomic E-state index is 10.0. The molecule has 1 aromatic rings. The summed E-state index contributed by atoms with van der Waals surface area (Å²) in [6, 6.07) is 7.77. The average molecular weight is 230 g/mol. The SMILES string of the molecule is CC1=CC(c2ccccc2O)C(C(C)C)CC1. The van der Waals surface area contributed by atoms with Crippen molar-refractivity contribution in [1.29, 1.82) is 0 Å². The quantitative estimate of drug-likeness (QED) is 0.742. The highest BCUT2D eigenvalue weighted by Crippen LogP contribution is 2.42. The zero-order valence-electron chi connectivity index (χ0n) is 11.0. The van der Waals surface area contributed by atoms with Gasteiger partial charge < -0.3 is 5.11 Å². The maximum Gasteiger partial charge on any atom is 0.119 e. The summed E-state index contributed by atoms with van der Waals surface area (Å²) in [6.07, 6.45) is 4.79. The number of rotatable bonds is 2. The van der Waals surface area contributed by atoms with Crippen LogP contribution in [0, 0.1) is 11.8 Å². The Hall–Kier alpha value is -1.24. The van der Waals surface area contributed by atoms with Crippen molar-refractivity contribution in [3.8, 4) is 5.75 Å². The molecule has 2 rings (SSSR count). The molecule has 92 valence electrons. The van der Waals surface area contributed by atoms with Crippen LogP contribution in [0.5, 0.6) is 5.75 Å². The number of hydrogen-bond acceptors (Lipinski definition) is 1. The minimum atomic E-state index is 0.380. The zero-order chi connectivity index (χ0) is 12.4. The van der Waals surface area contributed by atoms with Crippen molar-refractivity contribution in [2.24, 2.45) is 11.8 Å². The molecular formula is C16H22O. The van der Waals surface area contributed by atoms with Crippen LogP contribution in [0.2, 0.25) is 0 Å². The number of hydrogen-bond donors (Lipinski definition) is 1. The van der Waals surface area contributed by atoms with E-state index < -0.39 is 0 Å². The summed E-state index contributed by atoms with van der Waals surface area (Å²) >= 11 is 0. The number of phenolic OH excluding ortho intramolecular Hbond substituents is 1. The fourth-order valence-electron chi connectivity index (χ4n) is 2.93. The van der Waals surface area contributed by atoms with Crippen LogP contribution in [0.4, 0.5) is 0 Å². The van der Waals surface area contributed by atoms with Gasteiger partial charge in [-0.15, -0.1) is 0 Å². The first-order valence-corrected chi connectivity index (χ1v) is 6.54. The lowest BCUT2D eigenvalue weighted by molar-refractivity contribution is 0.310. The second kappa shape index (κ2) is 4.95. The topological polar surface area (TPSA) is 20.2 Å². The van der Waals surface area contributed by atoms with E-state index in [9.17, 15) is 5.11 Å². The van der Waals surface area contributed by atoms with Crippen LogP contribution in [0.3, 0.4) is 0 Å². The van der Waals surface area contributed by atoms with Crippen LogP contribution in [-0.4, -0.2) is 5.11 Å². The van der Waals surface area contributed by atoms with Crippen LogP contribution >= 0.6 is 0 Å². The van der Waals surface area contributed by atoms with E-state index in [1.165, 1.54) is 18.4 Å². The summed E-state index contributed by atoms with van der Waals surface area (Å²) in [4.78, 5) is 0. The third-order valence-electron chi connectivity index (χ3n) is 3.95. The molecule has 0 bridgehead atoms. The van der Waals surface area contributed by atoms with Gasteiger partial charge in [0.15, 0.2) is 0 Å². The van der Waals surface area contributed by atoms with Crippen LogP contribution < -0.4 is 0 Å². The van der Waals surface area contributed by atoms with Gasteiger partial charge in [0.2, 0.25) is 0 Å². The molecule has 0 saturated heterocycles. The van der Waals surface area contributed by atoms with Gasteiger partial charge in [0.25, 0.3) is 0 Å². The van der Waals surface area contributed by atoms with Gasteiger partial charge in [-0.3, -0.25) is 0 Å². The molecule has 1 aromatic carbocycles. The molecule has 1 aliphatic carbocycles. The largest absolute Gasteiger partial charge is 0.508 e. The smallest absolute Gasteiger partial charge is 0.119 e. The van der Waals surface area contributed by atoms with Gasteiger partial charge in [-0.1, -0.05) is 43.7 Å². The Bertz CT molecular complexity index is 417. The standard InChI is InChI=1S/C16H22O/c1-11(2)13-9-8-12(3)10-15(13)14-6-4-5-7-16(14)17/h4-7,10-11,13,15,17H,8-9H2,1-3H3. The Morgan fingerprint density at radius 1 is 1.24 bits per heavy atom. The highest BCUT2D eigenvalue weighted by atomic mass is 16.3. The van der Waals surface area contributed by atoms with Gasteiger partial charge in [0.1, 0.15) is 5.75 Å². The van der Waals surface area contributed by atoms with E-state index in [1.807, 2.05) is 12.1 Å². The lowest BCUT2D eigenvalue weighted by atomic mass is 9.72. The first-order chi connectivity index (χ1) is 8.09. The fraction of sp³-hybridized carbons (Fsp3) is 0.500. The minimum absolute atomic E-state index is 0.380. The number of allylic oxidation sites excluding steroid dienone is 2. The van der Waals surface area contributed by atoms with Crippen molar-refractivity contribution < 1.29 is 5.11 Å². The number of benzene rings is 1. The van der Waals surface area contributed by atoms with Crippen LogP contribution in [-0.2, 0) is 0 Å². The fourth-order valence-corrected chi connectivity index (χ4v) is 2.93. The molecule has 0 aromatic heterocycles. The molecule has 17 heavy (non-hydrogen) atoms. The van der Waals surface area contributed by atoms with Crippen molar-refractivity contribution in [3.05, 3.63) is 41.5 Å². The van der Waals surface area contributed by atoms with E-state index in [0.29, 0.717) is 23.5 Å². The van der Waals surface area contributed by atoms with Gasteiger partial charge in [-0.05, 0) is 37.7 Å². The highest BCUT2D eigenvalue weighted by Gasteiger charge is 2.28. The van der Waals surface area contributed by atoms with E-state index in [1.54, 1.807) is 6.07 Å². The summed E-state index contributed by atoms with van der Waals surface area (Å²) in [5.41, 5.74) is 2.54. The van der Waals surface area contributed by atoms with Gasteiger partial charge in [-0.25, -0.2) is 0 Å². The summed E-state index contributed by atoms with van der Waals surface area (Å²) in [5.74, 6) is 2.12. The third-order valence-corrected chi connectivity index (χ3v) is 3.95. The Morgan fingerprint density at radius 2 is 1.94 bits per heavy atom. The first kappa shape index (κ1) is 12.2. The molecule has 0 heterocycles. The van der Waals surface area contributed by atoms with Crippen molar-refractivity contribution >= 4 is 0 Å². The summed E-state index contributed by atoms with van der Waals surface area (Å²) in [5, 5.41) is 10.0. The van der Waals surface area contributed by atoms with Crippen molar-refractivity contribution in [2.45, 2.75) is 39.5 Å². The first-order valence-electron chi connectivity index (χ1n) is 6.54. The van der Waals surface area contributed by atoms with Crippen molar-refractivity contribution in [2.75, 3.05) is 0 Å². The summed E-state index contributed by atoms with van der Waals surface area (Å²) < 4.78 is 0. The molecule has 1 nitrogen and oxygen atoms in total. The second-order valence-electron chi connectivity index (χ2n) is 5.54. The molecule has 0 radical (unpaired) electrons. The van der Waals surface area contributed by atoms with Crippen molar-refractivity contribution in [3.63, 3.8) is 0 Å². The molecule has 1 aliphatic rings. The molecular weight excluding hydrogens is 208 g/mol. The predicted molar refractivity (Wildman–Crippen MR) is 72.2 cm³/mol. The molecule has 0 saturated carbocycles. The minimum Gasteiger partial charge on any atom is -0.508 e. The Balaban J connectivity index is 2.39. The van der Waals surface area contributed by atoms with Gasteiger partial charge in [0, 0.05) is 11.5 Å². The molecule has 0 fully saturated rings. The Labute approximate surface area is 104 Å². The predicted octanol–water partition coefficient (Wildman–Crippen LogP) is 4.49. The molecule has 0 aliphatic heterocycles. The molecule has 0 spiro atoms. The molecule has 0 amide bonds. The van der Waals surface area contributed by atoms with Crippen LogP contribution in [0.15, 0.2) is 35.9 Å². The van der Waals surface area contributed by atoms with Crippen molar-refractivity contribution in [1.82, 2.24) is 0 Å². The summed E-state index contributed by atoms with van der Waals surface area (Å²) in [7, 11) is 0. The molecule has 2 atom stereocenters. The van der Waals surface area contributed by atoms with E-state index in [-0.39, 0.29) is 0 Å². The van der Waals surface area contributed by atoms with E-state index >= 15 is 0 Å². The monoisotopic (exact) mass is 230 g/mol. The normalized spacial score (nSPS) is 24.8. The molecule has 2 unspecified atom stereocenters. The van der Waals surface area contributed by atoms with E-state index in [4.69, 9.17) is 0 Å². The van der Waals surface area contributed by atoms with Gasteiger partial charge >= 0.3 is 0 Å². The Morgan fingerprint density at radius 3 is 2.59 bits per heavy atom. The lowest BCUT2D eigenvalue weighted by Crippen LogP contribution is -2.21. The van der Waals surface area contributed by atoms with E-state index in [2.05, 4.69) is 32.9 Å². The third kappa shape index (κ3) is 2.54. The lowest BCUT2D eigenvalue weighted by Gasteiger charge is -2.33. The molecule has 1 N–H and O–H groups in total. The van der Waals surface area contributed by atoms with Crippen LogP contribution in [0.25, 0.3) is 0 Å². The van der Waals surface area contributed by atoms with Crippen LogP contribution in [0.1, 0.15) is 45.1 Å². The number of phenols is 1. The summed E-state index contributed by atoms with van der Waals surface area (Å²) in [6.45, 7) is 6.77. The van der Waals surface area contributed by atoms with E-state index in [0.717, 1.165) is 5.56 Å². The molecule has 1 heteroatoms. The van der Waals surface area contributed by atoms with Gasteiger partial charge in [0.05, 0.1) is 0 Å². The number of para-hydroxylation sites is 1. The average Bonchev–Trinajstić information content (AvgIpc) is 2.29. The second-order valence-corrected chi connectivity index (χ2v) is 5.54. The maximum absolute atomic E-state index is 10.0.